The first-order valence-corrected chi connectivity index (χ1v) is 7.18. The molecule has 0 aromatic heterocycles. The molecule has 2 nitrogen and oxygen atoms in total. The molecule has 2 N–H and O–H groups in total. The Balaban J connectivity index is 1.94. The van der Waals surface area contributed by atoms with E-state index in [0.29, 0.717) is 12.0 Å². The van der Waals surface area contributed by atoms with E-state index in [4.69, 9.17) is 16.7 Å². The molecule has 0 spiro atoms. The van der Waals surface area contributed by atoms with Crippen LogP contribution < -0.4 is 5.32 Å². The van der Waals surface area contributed by atoms with Gasteiger partial charge in [-0.05, 0) is 55.3 Å². The number of aliphatic hydroxyl groups excluding tert-OH is 1. The molecule has 18 heavy (non-hydrogen) atoms. The van der Waals surface area contributed by atoms with E-state index in [9.17, 15) is 0 Å². The van der Waals surface area contributed by atoms with Gasteiger partial charge in [0.1, 0.15) is 0 Å². The molecule has 0 radical (unpaired) electrons. The molecular weight excluding hydrogens is 246 g/mol. The summed E-state index contributed by atoms with van der Waals surface area (Å²) in [6, 6.07) is 8.61. The van der Waals surface area contributed by atoms with Crippen molar-refractivity contribution >= 4 is 11.6 Å². The monoisotopic (exact) mass is 267 g/mol. The molecule has 0 heterocycles. The van der Waals surface area contributed by atoms with Crippen LogP contribution in [0.25, 0.3) is 0 Å². The van der Waals surface area contributed by atoms with Crippen LogP contribution in [-0.2, 0) is 0 Å². The Bertz CT molecular complexity index is 361. The van der Waals surface area contributed by atoms with Crippen molar-refractivity contribution in [3.8, 4) is 0 Å². The summed E-state index contributed by atoms with van der Waals surface area (Å²) >= 11 is 5.93. The number of benzene rings is 1. The van der Waals surface area contributed by atoms with Crippen molar-refractivity contribution in [3.05, 3.63) is 34.9 Å². The molecule has 1 aromatic carbocycles. The van der Waals surface area contributed by atoms with Gasteiger partial charge in [0, 0.05) is 17.7 Å². The molecule has 3 heteroatoms. The second-order valence-corrected chi connectivity index (χ2v) is 5.83. The molecule has 100 valence electrons. The maximum Gasteiger partial charge on any atom is 0.0434 e. The first-order valence-electron chi connectivity index (χ1n) is 6.80. The van der Waals surface area contributed by atoms with Crippen molar-refractivity contribution in [2.45, 2.75) is 32.2 Å². The van der Waals surface area contributed by atoms with Crippen molar-refractivity contribution in [1.82, 2.24) is 5.32 Å². The molecule has 2 unspecified atom stereocenters. The highest BCUT2D eigenvalue weighted by Gasteiger charge is 2.32. The van der Waals surface area contributed by atoms with Gasteiger partial charge in [-0.1, -0.05) is 30.7 Å². The van der Waals surface area contributed by atoms with Crippen molar-refractivity contribution in [3.63, 3.8) is 0 Å². The Morgan fingerprint density at radius 2 is 2.00 bits per heavy atom. The number of halogens is 1. The molecule has 0 amide bonds. The minimum Gasteiger partial charge on any atom is -0.396 e. The molecule has 0 bridgehead atoms. The Morgan fingerprint density at radius 1 is 1.33 bits per heavy atom. The van der Waals surface area contributed by atoms with Crippen LogP contribution in [0.1, 0.15) is 37.8 Å². The fourth-order valence-electron chi connectivity index (χ4n) is 2.31. The summed E-state index contributed by atoms with van der Waals surface area (Å²) in [5.74, 6) is 1.29. The zero-order valence-corrected chi connectivity index (χ0v) is 11.7. The highest BCUT2D eigenvalue weighted by molar-refractivity contribution is 6.30. The van der Waals surface area contributed by atoms with Gasteiger partial charge in [-0.15, -0.1) is 0 Å². The lowest BCUT2D eigenvalue weighted by atomic mass is 10.0. The van der Waals surface area contributed by atoms with E-state index in [2.05, 4.69) is 24.4 Å². The minimum atomic E-state index is 0.276. The lowest BCUT2D eigenvalue weighted by Gasteiger charge is -2.21. The van der Waals surface area contributed by atoms with Crippen LogP contribution >= 0.6 is 11.6 Å². The lowest BCUT2D eigenvalue weighted by molar-refractivity contribution is 0.256. The van der Waals surface area contributed by atoms with Gasteiger partial charge in [0.05, 0.1) is 0 Å². The topological polar surface area (TPSA) is 32.3 Å². The number of hydrogen-bond acceptors (Lipinski definition) is 2. The summed E-state index contributed by atoms with van der Waals surface area (Å²) in [6.07, 6.45) is 3.49. The molecule has 1 fully saturated rings. The van der Waals surface area contributed by atoms with Crippen molar-refractivity contribution in [1.29, 1.82) is 0 Å². The largest absolute Gasteiger partial charge is 0.396 e. The number of aliphatic hydroxyl groups is 1. The molecular formula is C15H22ClNO. The van der Waals surface area contributed by atoms with E-state index >= 15 is 0 Å². The van der Waals surface area contributed by atoms with Gasteiger partial charge < -0.3 is 10.4 Å². The van der Waals surface area contributed by atoms with E-state index < -0.39 is 0 Å². The van der Waals surface area contributed by atoms with E-state index in [1.165, 1.54) is 18.4 Å². The minimum absolute atomic E-state index is 0.276. The first-order chi connectivity index (χ1) is 8.70. The Labute approximate surface area is 114 Å². The van der Waals surface area contributed by atoms with Crippen LogP contribution in [0.5, 0.6) is 0 Å². The van der Waals surface area contributed by atoms with Gasteiger partial charge in [-0.2, -0.15) is 0 Å². The summed E-state index contributed by atoms with van der Waals surface area (Å²) in [6.45, 7) is 3.41. The van der Waals surface area contributed by atoms with Crippen LogP contribution in [-0.4, -0.2) is 18.3 Å². The third-order valence-corrected chi connectivity index (χ3v) is 3.88. The fraction of sp³-hybridized carbons (Fsp3) is 0.600. The molecule has 1 aliphatic rings. The fourth-order valence-corrected chi connectivity index (χ4v) is 2.43. The van der Waals surface area contributed by atoms with Crippen LogP contribution in [0.4, 0.5) is 0 Å². The predicted molar refractivity (Wildman–Crippen MR) is 75.8 cm³/mol. The standard InChI is InChI=1S/C15H22ClNO/c1-11(8-9-18)10-17-15(12-2-3-12)13-4-6-14(16)7-5-13/h4-7,11-12,15,17-18H,2-3,8-10H2,1H3. The van der Waals surface area contributed by atoms with E-state index in [-0.39, 0.29) is 6.61 Å². The molecule has 1 saturated carbocycles. The molecule has 1 aliphatic carbocycles. The van der Waals surface area contributed by atoms with Crippen molar-refractivity contribution < 1.29 is 5.11 Å². The van der Waals surface area contributed by atoms with Crippen LogP contribution in [0.3, 0.4) is 0 Å². The summed E-state index contributed by atoms with van der Waals surface area (Å²) in [4.78, 5) is 0. The van der Waals surface area contributed by atoms with E-state index in [0.717, 1.165) is 23.9 Å². The lowest BCUT2D eigenvalue weighted by Crippen LogP contribution is -2.28. The number of nitrogens with one attached hydrogen (secondary N) is 1. The quantitative estimate of drug-likeness (QED) is 0.794. The summed E-state index contributed by atoms with van der Waals surface area (Å²) in [5.41, 5.74) is 1.33. The molecule has 1 aromatic rings. The average Bonchev–Trinajstić information content (AvgIpc) is 3.16. The molecule has 2 rings (SSSR count). The zero-order valence-electron chi connectivity index (χ0n) is 10.9. The maximum atomic E-state index is 8.93. The van der Waals surface area contributed by atoms with Gasteiger partial charge in [0.2, 0.25) is 0 Å². The van der Waals surface area contributed by atoms with Gasteiger partial charge in [0.25, 0.3) is 0 Å². The smallest absolute Gasteiger partial charge is 0.0434 e. The van der Waals surface area contributed by atoms with Gasteiger partial charge >= 0.3 is 0 Å². The van der Waals surface area contributed by atoms with E-state index in [1.54, 1.807) is 0 Å². The second kappa shape index (κ2) is 6.55. The molecule has 0 aliphatic heterocycles. The zero-order chi connectivity index (χ0) is 13.0. The van der Waals surface area contributed by atoms with Gasteiger partial charge in [-0.25, -0.2) is 0 Å². The number of hydrogen-bond donors (Lipinski definition) is 2. The maximum absolute atomic E-state index is 8.93. The third kappa shape index (κ3) is 3.98. The summed E-state index contributed by atoms with van der Waals surface area (Å²) < 4.78 is 0. The average molecular weight is 268 g/mol. The van der Waals surface area contributed by atoms with Crippen molar-refractivity contribution in [2.24, 2.45) is 11.8 Å². The Hall–Kier alpha value is -0.570. The van der Waals surface area contributed by atoms with Crippen LogP contribution in [0, 0.1) is 11.8 Å². The van der Waals surface area contributed by atoms with Gasteiger partial charge in [0.15, 0.2) is 0 Å². The highest BCUT2D eigenvalue weighted by Crippen LogP contribution is 2.41. The SMILES string of the molecule is CC(CCO)CNC(c1ccc(Cl)cc1)C1CC1. The predicted octanol–water partition coefficient (Wildman–Crippen LogP) is 3.40. The molecule has 2 atom stereocenters. The summed E-state index contributed by atoms with van der Waals surface area (Å²) in [7, 11) is 0. The van der Waals surface area contributed by atoms with Gasteiger partial charge in [-0.3, -0.25) is 0 Å². The number of rotatable bonds is 7. The van der Waals surface area contributed by atoms with Crippen molar-refractivity contribution in [2.75, 3.05) is 13.2 Å². The normalized spacial score (nSPS) is 18.6. The van der Waals surface area contributed by atoms with Crippen LogP contribution in [0.2, 0.25) is 5.02 Å². The second-order valence-electron chi connectivity index (χ2n) is 5.39. The van der Waals surface area contributed by atoms with E-state index in [1.807, 2.05) is 12.1 Å². The summed E-state index contributed by atoms with van der Waals surface area (Å²) in [5, 5.41) is 13.4. The van der Waals surface area contributed by atoms with Crippen LogP contribution in [0.15, 0.2) is 24.3 Å². The molecule has 0 saturated heterocycles. The Kier molecular flexibility index (Phi) is 5.04. The Morgan fingerprint density at radius 3 is 2.56 bits per heavy atom. The highest BCUT2D eigenvalue weighted by atomic mass is 35.5. The first kappa shape index (κ1) is 13.9. The third-order valence-electron chi connectivity index (χ3n) is 3.63.